The van der Waals surface area contributed by atoms with E-state index < -0.39 is 0 Å². The van der Waals surface area contributed by atoms with E-state index in [4.69, 9.17) is 16.3 Å². The molecule has 0 saturated heterocycles. The van der Waals surface area contributed by atoms with Gasteiger partial charge in [0.05, 0.1) is 5.02 Å². The Morgan fingerprint density at radius 2 is 2.05 bits per heavy atom. The summed E-state index contributed by atoms with van der Waals surface area (Å²) in [6, 6.07) is 9.40. The van der Waals surface area contributed by atoms with Crippen molar-refractivity contribution >= 4 is 27.5 Å². The van der Waals surface area contributed by atoms with Gasteiger partial charge in [0, 0.05) is 28.3 Å². The Balaban J connectivity index is 2.20. The van der Waals surface area contributed by atoms with E-state index in [2.05, 4.69) is 47.0 Å². The van der Waals surface area contributed by atoms with Crippen LogP contribution in [0.3, 0.4) is 0 Å². The first kappa shape index (κ1) is 16.3. The predicted molar refractivity (Wildman–Crippen MR) is 90.1 cm³/mol. The topological polar surface area (TPSA) is 34.2 Å². The van der Waals surface area contributed by atoms with Crippen LogP contribution in [0.15, 0.2) is 41.0 Å². The van der Waals surface area contributed by atoms with Crippen LogP contribution in [0.5, 0.6) is 11.6 Å². The quantitative estimate of drug-likeness (QED) is 0.806. The predicted octanol–water partition coefficient (Wildman–Crippen LogP) is 5.18. The molecule has 2 rings (SSSR count). The van der Waals surface area contributed by atoms with E-state index in [0.717, 1.165) is 10.0 Å². The molecule has 0 fully saturated rings. The van der Waals surface area contributed by atoms with Gasteiger partial charge in [0.1, 0.15) is 5.75 Å². The van der Waals surface area contributed by atoms with Gasteiger partial charge in [-0.05, 0) is 45.0 Å². The molecule has 0 saturated carbocycles. The van der Waals surface area contributed by atoms with Gasteiger partial charge < -0.3 is 10.1 Å². The second-order valence-corrected chi connectivity index (χ2v) is 7.07. The summed E-state index contributed by atoms with van der Waals surface area (Å²) in [5, 5.41) is 3.97. The minimum absolute atomic E-state index is 0.0301. The molecule has 0 spiro atoms. The van der Waals surface area contributed by atoms with Gasteiger partial charge in [0.2, 0.25) is 5.88 Å². The number of rotatable bonds is 4. The average Bonchev–Trinajstić information content (AvgIpc) is 2.40. The maximum absolute atomic E-state index is 6.18. The van der Waals surface area contributed by atoms with E-state index in [0.29, 0.717) is 23.2 Å². The van der Waals surface area contributed by atoms with Gasteiger partial charge in [-0.2, -0.15) is 0 Å². The zero-order valence-corrected chi connectivity index (χ0v) is 14.6. The van der Waals surface area contributed by atoms with Crippen molar-refractivity contribution in [1.82, 2.24) is 10.3 Å². The number of hydrogen-bond donors (Lipinski definition) is 1. The van der Waals surface area contributed by atoms with Crippen LogP contribution in [-0.2, 0) is 6.54 Å². The Labute approximate surface area is 138 Å². The zero-order valence-electron chi connectivity index (χ0n) is 12.3. The van der Waals surface area contributed by atoms with Crippen LogP contribution >= 0.6 is 27.5 Å². The number of pyridine rings is 1. The summed E-state index contributed by atoms with van der Waals surface area (Å²) in [5.74, 6) is 1.16. The average molecular weight is 370 g/mol. The van der Waals surface area contributed by atoms with Gasteiger partial charge in [-0.3, -0.25) is 0 Å². The summed E-state index contributed by atoms with van der Waals surface area (Å²) in [4.78, 5) is 4.31. The first-order chi connectivity index (χ1) is 9.85. The Kier molecular flexibility index (Phi) is 5.25. The van der Waals surface area contributed by atoms with E-state index in [1.165, 1.54) is 0 Å². The molecular weight excluding hydrogens is 352 g/mol. The van der Waals surface area contributed by atoms with E-state index in [1.54, 1.807) is 12.3 Å². The maximum Gasteiger partial charge on any atom is 0.223 e. The molecule has 21 heavy (non-hydrogen) atoms. The molecule has 1 heterocycles. The number of nitrogens with zero attached hydrogens (tertiary/aromatic N) is 1. The highest BCUT2D eigenvalue weighted by atomic mass is 79.9. The third kappa shape index (κ3) is 4.99. The lowest BCUT2D eigenvalue weighted by Gasteiger charge is -2.21. The van der Waals surface area contributed by atoms with Crippen molar-refractivity contribution in [2.45, 2.75) is 32.9 Å². The molecule has 0 aliphatic rings. The molecule has 0 aliphatic heterocycles. The Morgan fingerprint density at radius 1 is 1.29 bits per heavy atom. The lowest BCUT2D eigenvalue weighted by Crippen LogP contribution is -2.35. The molecule has 3 nitrogen and oxygen atoms in total. The molecule has 2 aromatic rings. The summed E-state index contributed by atoms with van der Waals surface area (Å²) < 4.78 is 6.77. The molecule has 0 radical (unpaired) electrons. The smallest absolute Gasteiger partial charge is 0.223 e. The molecule has 0 aliphatic carbocycles. The van der Waals surface area contributed by atoms with Gasteiger partial charge in [-0.25, -0.2) is 4.98 Å². The fourth-order valence-corrected chi connectivity index (χ4v) is 2.39. The van der Waals surface area contributed by atoms with Gasteiger partial charge in [-0.1, -0.05) is 33.6 Å². The van der Waals surface area contributed by atoms with Gasteiger partial charge in [-0.15, -0.1) is 0 Å². The minimum atomic E-state index is 0.0301. The molecular formula is C16H18BrClN2O. The van der Waals surface area contributed by atoms with Crippen molar-refractivity contribution in [3.63, 3.8) is 0 Å². The largest absolute Gasteiger partial charge is 0.437 e. The van der Waals surface area contributed by atoms with Crippen LogP contribution in [0.1, 0.15) is 26.3 Å². The highest BCUT2D eigenvalue weighted by Crippen LogP contribution is 2.32. The van der Waals surface area contributed by atoms with Crippen LogP contribution in [0.2, 0.25) is 5.02 Å². The van der Waals surface area contributed by atoms with Crippen molar-refractivity contribution in [2.24, 2.45) is 0 Å². The number of aromatic nitrogens is 1. The fraction of sp³-hybridized carbons (Fsp3) is 0.312. The van der Waals surface area contributed by atoms with Crippen LogP contribution in [0, 0.1) is 0 Å². The van der Waals surface area contributed by atoms with Crippen LogP contribution < -0.4 is 10.1 Å². The third-order valence-electron chi connectivity index (χ3n) is 2.76. The molecule has 0 unspecified atom stereocenters. The molecule has 112 valence electrons. The third-order valence-corrected chi connectivity index (χ3v) is 3.55. The van der Waals surface area contributed by atoms with Crippen LogP contribution in [0.4, 0.5) is 0 Å². The standard InChI is InChI=1S/C16H18BrClN2O/c1-16(2,3)20-10-11-5-4-8-19-15(11)21-14-7-6-12(17)9-13(14)18/h4-9,20H,10H2,1-3H3. The molecule has 5 heteroatoms. The van der Waals surface area contributed by atoms with E-state index in [-0.39, 0.29) is 5.54 Å². The molecule has 0 amide bonds. The minimum Gasteiger partial charge on any atom is -0.437 e. The second-order valence-electron chi connectivity index (χ2n) is 5.75. The highest BCUT2D eigenvalue weighted by Gasteiger charge is 2.13. The van der Waals surface area contributed by atoms with Crippen LogP contribution in [-0.4, -0.2) is 10.5 Å². The molecule has 0 bridgehead atoms. The number of benzene rings is 1. The molecule has 1 aromatic carbocycles. The molecule has 0 atom stereocenters. The second kappa shape index (κ2) is 6.77. The normalized spacial score (nSPS) is 11.5. The summed E-state index contributed by atoms with van der Waals surface area (Å²) in [5.41, 5.74) is 1.02. The van der Waals surface area contributed by atoms with Gasteiger partial charge >= 0.3 is 0 Å². The summed E-state index contributed by atoms with van der Waals surface area (Å²) >= 11 is 9.56. The highest BCUT2D eigenvalue weighted by molar-refractivity contribution is 9.10. The first-order valence-electron chi connectivity index (χ1n) is 6.67. The Bertz CT molecular complexity index is 626. The molecule has 1 N–H and O–H groups in total. The van der Waals surface area contributed by atoms with Crippen molar-refractivity contribution < 1.29 is 4.74 Å². The lowest BCUT2D eigenvalue weighted by molar-refractivity contribution is 0.409. The summed E-state index contributed by atoms with van der Waals surface area (Å²) in [6.07, 6.45) is 1.71. The van der Waals surface area contributed by atoms with Gasteiger partial charge in [0.15, 0.2) is 0 Å². The summed E-state index contributed by atoms with van der Waals surface area (Å²) in [7, 11) is 0. The Hall–Kier alpha value is -1.10. The van der Waals surface area contributed by atoms with E-state index in [1.807, 2.05) is 24.3 Å². The summed E-state index contributed by atoms with van der Waals surface area (Å²) in [6.45, 7) is 7.04. The lowest BCUT2D eigenvalue weighted by atomic mass is 10.1. The van der Waals surface area contributed by atoms with Crippen molar-refractivity contribution in [3.8, 4) is 11.6 Å². The fourth-order valence-electron chi connectivity index (χ4n) is 1.67. The van der Waals surface area contributed by atoms with Crippen molar-refractivity contribution in [2.75, 3.05) is 0 Å². The number of halogens is 2. The van der Waals surface area contributed by atoms with E-state index >= 15 is 0 Å². The number of hydrogen-bond acceptors (Lipinski definition) is 3. The SMILES string of the molecule is CC(C)(C)NCc1cccnc1Oc1ccc(Br)cc1Cl. The van der Waals surface area contributed by atoms with Gasteiger partial charge in [0.25, 0.3) is 0 Å². The van der Waals surface area contributed by atoms with E-state index in [9.17, 15) is 0 Å². The molecule has 1 aromatic heterocycles. The number of nitrogens with one attached hydrogen (secondary N) is 1. The van der Waals surface area contributed by atoms with Crippen molar-refractivity contribution in [1.29, 1.82) is 0 Å². The van der Waals surface area contributed by atoms with Crippen LogP contribution in [0.25, 0.3) is 0 Å². The maximum atomic E-state index is 6.18. The zero-order chi connectivity index (χ0) is 15.5. The monoisotopic (exact) mass is 368 g/mol. The van der Waals surface area contributed by atoms with Crippen molar-refractivity contribution in [3.05, 3.63) is 51.6 Å². The first-order valence-corrected chi connectivity index (χ1v) is 7.84. The number of ether oxygens (including phenoxy) is 1. The Morgan fingerprint density at radius 3 is 2.71 bits per heavy atom.